The van der Waals surface area contributed by atoms with Crippen molar-refractivity contribution in [3.8, 4) is 5.75 Å². The number of hydrogen-bond acceptors (Lipinski definition) is 3. The van der Waals surface area contributed by atoms with Crippen LogP contribution < -0.4 is 4.74 Å². The van der Waals surface area contributed by atoms with Crippen molar-refractivity contribution in [1.29, 1.82) is 0 Å². The minimum atomic E-state index is 0.452. The van der Waals surface area contributed by atoms with Gasteiger partial charge in [-0.25, -0.2) is 0 Å². The Morgan fingerprint density at radius 1 is 1.27 bits per heavy atom. The van der Waals surface area contributed by atoms with Crippen LogP contribution in [0.1, 0.15) is 43.0 Å². The normalized spacial score (nSPS) is 20.6. The van der Waals surface area contributed by atoms with Crippen LogP contribution in [0, 0.1) is 0 Å². The van der Waals surface area contributed by atoms with Crippen LogP contribution in [0.4, 0.5) is 0 Å². The van der Waals surface area contributed by atoms with Gasteiger partial charge in [0.25, 0.3) is 0 Å². The molecule has 4 nitrogen and oxygen atoms in total. The maximum Gasteiger partial charge on any atom is 0.122 e. The largest absolute Gasteiger partial charge is 0.493 e. The van der Waals surface area contributed by atoms with Crippen LogP contribution >= 0.6 is 0 Å². The Morgan fingerprint density at radius 3 is 2.91 bits per heavy atom. The van der Waals surface area contributed by atoms with Crippen molar-refractivity contribution in [2.24, 2.45) is 0 Å². The van der Waals surface area contributed by atoms with E-state index in [1.165, 1.54) is 24.0 Å². The highest BCUT2D eigenvalue weighted by molar-refractivity contribution is 5.41. The number of aromatic nitrogens is 2. The molecule has 0 amide bonds. The third-order valence-electron chi connectivity index (χ3n) is 5.15. The average Bonchev–Trinajstić information content (AvgIpc) is 3.25. The van der Waals surface area contributed by atoms with Gasteiger partial charge in [0.05, 0.1) is 12.6 Å². The second kappa shape index (κ2) is 5.76. The number of fused-ring (bicyclic) bond motifs is 1. The van der Waals surface area contributed by atoms with Crippen LogP contribution in [-0.4, -0.2) is 34.4 Å². The lowest BCUT2D eigenvalue weighted by Crippen LogP contribution is -2.36. The zero-order valence-corrected chi connectivity index (χ0v) is 13.1. The van der Waals surface area contributed by atoms with Crippen LogP contribution in [0.5, 0.6) is 5.75 Å². The minimum Gasteiger partial charge on any atom is -0.493 e. The zero-order valence-electron chi connectivity index (χ0n) is 13.1. The van der Waals surface area contributed by atoms with E-state index in [1.54, 1.807) is 0 Å². The fourth-order valence-electron chi connectivity index (χ4n) is 3.69. The summed E-state index contributed by atoms with van der Waals surface area (Å²) < 4.78 is 7.83. The molecule has 3 heterocycles. The molecular weight excluding hydrogens is 274 g/mol. The lowest BCUT2D eigenvalue weighted by molar-refractivity contribution is 0.139. The minimum absolute atomic E-state index is 0.452. The SMILES string of the molecule is CC(c1ccc2c(c1)OCC2)N1CCC(n2cccn2)CC1. The van der Waals surface area contributed by atoms with E-state index in [-0.39, 0.29) is 0 Å². The fraction of sp³-hybridized carbons (Fsp3) is 0.500. The number of rotatable bonds is 3. The Kier molecular flexibility index (Phi) is 3.62. The molecule has 0 saturated carbocycles. The molecule has 0 N–H and O–H groups in total. The average molecular weight is 297 g/mol. The van der Waals surface area contributed by atoms with E-state index in [2.05, 4.69) is 46.0 Å². The van der Waals surface area contributed by atoms with Crippen LogP contribution in [-0.2, 0) is 6.42 Å². The first-order valence-corrected chi connectivity index (χ1v) is 8.30. The van der Waals surface area contributed by atoms with E-state index in [9.17, 15) is 0 Å². The summed E-state index contributed by atoms with van der Waals surface area (Å²) in [6.07, 6.45) is 7.36. The van der Waals surface area contributed by atoms with Gasteiger partial charge in [0, 0.05) is 37.9 Å². The van der Waals surface area contributed by atoms with Gasteiger partial charge in [0.2, 0.25) is 0 Å². The molecule has 2 aromatic rings. The topological polar surface area (TPSA) is 30.3 Å². The van der Waals surface area contributed by atoms with Gasteiger partial charge in [-0.05, 0) is 43.0 Å². The summed E-state index contributed by atoms with van der Waals surface area (Å²) in [6.45, 7) is 5.40. The predicted octanol–water partition coefficient (Wildman–Crippen LogP) is 3.22. The van der Waals surface area contributed by atoms with Crippen molar-refractivity contribution in [2.75, 3.05) is 19.7 Å². The van der Waals surface area contributed by atoms with E-state index in [0.29, 0.717) is 12.1 Å². The summed E-state index contributed by atoms with van der Waals surface area (Å²) in [7, 11) is 0. The van der Waals surface area contributed by atoms with Crippen molar-refractivity contribution in [1.82, 2.24) is 14.7 Å². The molecule has 1 unspecified atom stereocenters. The van der Waals surface area contributed by atoms with Crippen LogP contribution in [0.15, 0.2) is 36.7 Å². The molecule has 0 radical (unpaired) electrons. The van der Waals surface area contributed by atoms with Crippen LogP contribution in [0.2, 0.25) is 0 Å². The van der Waals surface area contributed by atoms with Crippen LogP contribution in [0.25, 0.3) is 0 Å². The first-order chi connectivity index (χ1) is 10.8. The highest BCUT2D eigenvalue weighted by Gasteiger charge is 2.25. The third kappa shape index (κ3) is 2.52. The number of hydrogen-bond donors (Lipinski definition) is 0. The molecule has 4 rings (SSSR count). The predicted molar refractivity (Wildman–Crippen MR) is 86.1 cm³/mol. The second-order valence-electron chi connectivity index (χ2n) is 6.39. The van der Waals surface area contributed by atoms with Gasteiger partial charge in [0.1, 0.15) is 5.75 Å². The number of nitrogens with zero attached hydrogens (tertiary/aromatic N) is 3. The monoisotopic (exact) mass is 297 g/mol. The smallest absolute Gasteiger partial charge is 0.122 e. The van der Waals surface area contributed by atoms with E-state index in [1.807, 2.05) is 12.3 Å². The Hall–Kier alpha value is -1.81. The van der Waals surface area contributed by atoms with E-state index >= 15 is 0 Å². The summed E-state index contributed by atoms with van der Waals surface area (Å²) in [5.41, 5.74) is 2.73. The fourth-order valence-corrected chi connectivity index (χ4v) is 3.69. The second-order valence-corrected chi connectivity index (χ2v) is 6.39. The maximum atomic E-state index is 5.71. The van der Waals surface area contributed by atoms with Gasteiger partial charge in [-0.3, -0.25) is 9.58 Å². The van der Waals surface area contributed by atoms with Gasteiger partial charge in [0.15, 0.2) is 0 Å². The molecule has 4 heteroatoms. The van der Waals surface area contributed by atoms with E-state index < -0.39 is 0 Å². The Morgan fingerprint density at radius 2 is 2.14 bits per heavy atom. The summed E-state index contributed by atoms with van der Waals surface area (Å²) >= 11 is 0. The maximum absolute atomic E-state index is 5.71. The van der Waals surface area contributed by atoms with Gasteiger partial charge >= 0.3 is 0 Å². The molecule has 1 aromatic carbocycles. The zero-order chi connectivity index (χ0) is 14.9. The van der Waals surface area contributed by atoms with E-state index in [0.717, 1.165) is 31.9 Å². The molecule has 0 aliphatic carbocycles. The third-order valence-corrected chi connectivity index (χ3v) is 5.15. The Balaban J connectivity index is 1.42. The molecule has 2 aliphatic heterocycles. The lowest BCUT2D eigenvalue weighted by atomic mass is 9.99. The summed E-state index contributed by atoms with van der Waals surface area (Å²) in [5.74, 6) is 1.09. The quantitative estimate of drug-likeness (QED) is 0.871. The van der Waals surface area contributed by atoms with Crippen molar-refractivity contribution in [2.45, 2.75) is 38.3 Å². The molecular formula is C18H23N3O. The van der Waals surface area contributed by atoms with Gasteiger partial charge < -0.3 is 4.74 Å². The standard InChI is InChI=1S/C18H23N3O/c1-14(16-4-3-15-7-12-22-18(15)13-16)20-10-5-17(6-11-20)21-9-2-8-19-21/h2-4,8-9,13-14,17H,5-7,10-12H2,1H3. The molecule has 1 aromatic heterocycles. The van der Waals surface area contributed by atoms with Gasteiger partial charge in [-0.15, -0.1) is 0 Å². The van der Waals surface area contributed by atoms with Gasteiger partial charge in [-0.2, -0.15) is 5.10 Å². The molecule has 2 aliphatic rings. The molecule has 1 saturated heterocycles. The van der Waals surface area contributed by atoms with Crippen molar-refractivity contribution in [3.63, 3.8) is 0 Å². The van der Waals surface area contributed by atoms with Crippen molar-refractivity contribution >= 4 is 0 Å². The number of likely N-dealkylation sites (tertiary alicyclic amines) is 1. The summed E-state index contributed by atoms with van der Waals surface area (Å²) in [5, 5.41) is 4.39. The number of benzene rings is 1. The molecule has 0 bridgehead atoms. The lowest BCUT2D eigenvalue weighted by Gasteiger charge is -2.36. The number of ether oxygens (including phenoxy) is 1. The summed E-state index contributed by atoms with van der Waals surface area (Å²) in [4.78, 5) is 2.58. The number of piperidine rings is 1. The van der Waals surface area contributed by atoms with E-state index in [4.69, 9.17) is 4.74 Å². The molecule has 1 fully saturated rings. The Bertz CT molecular complexity index is 630. The highest BCUT2D eigenvalue weighted by atomic mass is 16.5. The van der Waals surface area contributed by atoms with Gasteiger partial charge in [-0.1, -0.05) is 12.1 Å². The molecule has 22 heavy (non-hydrogen) atoms. The first-order valence-electron chi connectivity index (χ1n) is 8.30. The molecule has 116 valence electrons. The van der Waals surface area contributed by atoms with Crippen molar-refractivity contribution < 1.29 is 4.74 Å². The molecule has 1 atom stereocenters. The molecule has 0 spiro atoms. The highest BCUT2D eigenvalue weighted by Crippen LogP contribution is 2.33. The van der Waals surface area contributed by atoms with Crippen LogP contribution in [0.3, 0.4) is 0 Å². The van der Waals surface area contributed by atoms with Crippen molar-refractivity contribution in [3.05, 3.63) is 47.8 Å². The Labute approximate surface area is 131 Å². The first kappa shape index (κ1) is 13.8. The summed E-state index contributed by atoms with van der Waals surface area (Å²) in [6, 6.07) is 9.78.